The highest BCUT2D eigenvalue weighted by Gasteiger charge is 2.11. The van der Waals surface area contributed by atoms with Crippen molar-refractivity contribution in [1.82, 2.24) is 5.32 Å². The van der Waals surface area contributed by atoms with Crippen LogP contribution in [-0.2, 0) is 12.8 Å². The van der Waals surface area contributed by atoms with Gasteiger partial charge in [0.25, 0.3) is 0 Å². The van der Waals surface area contributed by atoms with Gasteiger partial charge in [0.1, 0.15) is 0 Å². The lowest BCUT2D eigenvalue weighted by Crippen LogP contribution is -2.22. The maximum Gasteiger partial charge on any atom is 0.0177 e. The molecule has 0 spiro atoms. The summed E-state index contributed by atoms with van der Waals surface area (Å²) in [4.78, 5) is 0. The summed E-state index contributed by atoms with van der Waals surface area (Å²) in [6.07, 6.45) is 2.23. The lowest BCUT2D eigenvalue weighted by Gasteiger charge is -2.18. The summed E-state index contributed by atoms with van der Waals surface area (Å²) in [7, 11) is 2.04. The van der Waals surface area contributed by atoms with Crippen LogP contribution in [0, 0.1) is 19.8 Å². The molecule has 2 aromatic rings. The van der Waals surface area contributed by atoms with E-state index in [-0.39, 0.29) is 0 Å². The Morgan fingerprint density at radius 1 is 0.952 bits per heavy atom. The smallest absolute Gasteiger partial charge is 0.0177 e. The van der Waals surface area contributed by atoms with Gasteiger partial charge >= 0.3 is 0 Å². The molecule has 112 valence electrons. The normalized spacial score (nSPS) is 12.4. The summed E-state index contributed by atoms with van der Waals surface area (Å²) >= 11 is 3.56. The van der Waals surface area contributed by atoms with Gasteiger partial charge in [-0.3, -0.25) is 0 Å². The molecular formula is C19H24BrN. The van der Waals surface area contributed by atoms with Crippen molar-refractivity contribution in [3.8, 4) is 0 Å². The Morgan fingerprint density at radius 2 is 1.62 bits per heavy atom. The fraction of sp³-hybridized carbons (Fsp3) is 0.368. The first-order valence-electron chi connectivity index (χ1n) is 7.53. The summed E-state index contributed by atoms with van der Waals surface area (Å²) in [5.74, 6) is 0.616. The summed E-state index contributed by atoms with van der Waals surface area (Å²) in [6, 6.07) is 15.5. The second kappa shape index (κ2) is 7.77. The third kappa shape index (κ3) is 5.29. The van der Waals surface area contributed by atoms with Crippen LogP contribution < -0.4 is 5.32 Å². The Kier molecular flexibility index (Phi) is 6.01. The van der Waals surface area contributed by atoms with E-state index >= 15 is 0 Å². The van der Waals surface area contributed by atoms with Crippen molar-refractivity contribution in [3.05, 3.63) is 69.2 Å². The highest BCUT2D eigenvalue weighted by atomic mass is 79.9. The molecule has 0 saturated heterocycles. The zero-order valence-corrected chi connectivity index (χ0v) is 14.7. The van der Waals surface area contributed by atoms with Crippen LogP contribution >= 0.6 is 15.9 Å². The number of rotatable bonds is 6. The zero-order valence-electron chi connectivity index (χ0n) is 13.1. The fourth-order valence-corrected chi connectivity index (χ4v) is 3.47. The van der Waals surface area contributed by atoms with Gasteiger partial charge in [-0.25, -0.2) is 0 Å². The van der Waals surface area contributed by atoms with E-state index in [1.807, 2.05) is 7.05 Å². The largest absolute Gasteiger partial charge is 0.319 e. The van der Waals surface area contributed by atoms with Gasteiger partial charge in [0.05, 0.1) is 0 Å². The van der Waals surface area contributed by atoms with Gasteiger partial charge in [-0.2, -0.15) is 0 Å². The summed E-state index contributed by atoms with van der Waals surface area (Å²) < 4.78 is 1.16. The molecule has 0 heterocycles. The molecule has 0 aliphatic carbocycles. The molecule has 2 rings (SSSR count). The number of aryl methyl sites for hydroxylation is 2. The third-order valence-electron chi connectivity index (χ3n) is 3.71. The van der Waals surface area contributed by atoms with E-state index in [4.69, 9.17) is 0 Å². The minimum absolute atomic E-state index is 0.616. The van der Waals surface area contributed by atoms with Gasteiger partial charge in [0, 0.05) is 4.47 Å². The maximum absolute atomic E-state index is 3.56. The first-order valence-corrected chi connectivity index (χ1v) is 8.32. The predicted octanol–water partition coefficient (Wildman–Crippen LogP) is 4.69. The summed E-state index contributed by atoms with van der Waals surface area (Å²) in [6.45, 7) is 5.40. The van der Waals surface area contributed by atoms with Crippen LogP contribution in [0.1, 0.15) is 22.3 Å². The molecule has 0 amide bonds. The fourth-order valence-electron chi connectivity index (χ4n) is 3.02. The maximum atomic E-state index is 3.56. The second-order valence-corrected chi connectivity index (χ2v) is 6.87. The van der Waals surface area contributed by atoms with Crippen molar-refractivity contribution < 1.29 is 0 Å². The van der Waals surface area contributed by atoms with Crippen LogP contribution in [0.3, 0.4) is 0 Å². The monoisotopic (exact) mass is 345 g/mol. The summed E-state index contributed by atoms with van der Waals surface area (Å²) in [5.41, 5.74) is 5.56. The summed E-state index contributed by atoms with van der Waals surface area (Å²) in [5, 5.41) is 3.34. The Morgan fingerprint density at radius 3 is 2.24 bits per heavy atom. The molecule has 1 nitrogen and oxygen atoms in total. The van der Waals surface area contributed by atoms with Crippen LogP contribution in [0.2, 0.25) is 0 Å². The first kappa shape index (κ1) is 16.3. The Labute approximate surface area is 136 Å². The number of benzene rings is 2. The SMILES string of the molecule is CNCC(Cc1cc(C)cc(C)c1)Cc1cccc(Br)c1. The lowest BCUT2D eigenvalue weighted by atomic mass is 9.91. The van der Waals surface area contributed by atoms with Crippen molar-refractivity contribution >= 4 is 15.9 Å². The highest BCUT2D eigenvalue weighted by Crippen LogP contribution is 2.19. The molecule has 0 saturated carbocycles. The van der Waals surface area contributed by atoms with Gasteiger partial charge in [-0.1, -0.05) is 57.4 Å². The highest BCUT2D eigenvalue weighted by molar-refractivity contribution is 9.10. The molecule has 1 atom stereocenters. The van der Waals surface area contributed by atoms with E-state index in [0.717, 1.165) is 23.9 Å². The second-order valence-electron chi connectivity index (χ2n) is 5.96. The van der Waals surface area contributed by atoms with Gasteiger partial charge in [0.15, 0.2) is 0 Å². The molecule has 0 fully saturated rings. The molecular weight excluding hydrogens is 322 g/mol. The Hall–Kier alpha value is -1.12. The van der Waals surface area contributed by atoms with Crippen LogP contribution in [0.15, 0.2) is 46.9 Å². The zero-order chi connectivity index (χ0) is 15.2. The minimum Gasteiger partial charge on any atom is -0.319 e. The van der Waals surface area contributed by atoms with E-state index in [9.17, 15) is 0 Å². The quantitative estimate of drug-likeness (QED) is 0.800. The molecule has 1 unspecified atom stereocenters. The standard InChI is InChI=1S/C19H24BrN/c1-14-7-15(2)9-17(8-14)11-18(13-21-3)10-16-5-4-6-19(20)12-16/h4-9,12,18,21H,10-11,13H2,1-3H3. The average Bonchev–Trinajstić information content (AvgIpc) is 2.37. The third-order valence-corrected chi connectivity index (χ3v) is 4.21. The Balaban J connectivity index is 2.11. The van der Waals surface area contributed by atoms with Gasteiger partial charge in [0.2, 0.25) is 0 Å². The van der Waals surface area contributed by atoms with Crippen molar-refractivity contribution in [1.29, 1.82) is 0 Å². The van der Waals surface area contributed by atoms with Gasteiger partial charge in [-0.05, 0) is 69.5 Å². The minimum atomic E-state index is 0.616. The molecule has 0 aliphatic heterocycles. The van der Waals surface area contributed by atoms with Gasteiger partial charge in [-0.15, -0.1) is 0 Å². The molecule has 0 bridgehead atoms. The van der Waals surface area contributed by atoms with Crippen molar-refractivity contribution in [2.75, 3.05) is 13.6 Å². The molecule has 2 heteroatoms. The molecule has 0 radical (unpaired) electrons. The van der Waals surface area contributed by atoms with Crippen LogP contribution in [0.25, 0.3) is 0 Å². The number of halogens is 1. The van der Waals surface area contributed by atoms with E-state index in [0.29, 0.717) is 5.92 Å². The molecule has 1 N–H and O–H groups in total. The van der Waals surface area contributed by atoms with Crippen LogP contribution in [-0.4, -0.2) is 13.6 Å². The number of hydrogen-bond donors (Lipinski definition) is 1. The van der Waals surface area contributed by atoms with E-state index in [2.05, 4.69) is 77.6 Å². The molecule has 0 aliphatic rings. The van der Waals surface area contributed by atoms with Crippen LogP contribution in [0.5, 0.6) is 0 Å². The average molecular weight is 346 g/mol. The van der Waals surface area contributed by atoms with Gasteiger partial charge < -0.3 is 5.32 Å². The molecule has 2 aromatic carbocycles. The Bertz CT molecular complexity index is 572. The number of nitrogens with one attached hydrogen (secondary N) is 1. The van der Waals surface area contributed by atoms with E-state index in [1.54, 1.807) is 0 Å². The first-order chi connectivity index (χ1) is 10.1. The van der Waals surface area contributed by atoms with Crippen molar-refractivity contribution in [2.24, 2.45) is 5.92 Å². The van der Waals surface area contributed by atoms with E-state index in [1.165, 1.54) is 22.3 Å². The van der Waals surface area contributed by atoms with Crippen molar-refractivity contribution in [2.45, 2.75) is 26.7 Å². The topological polar surface area (TPSA) is 12.0 Å². The lowest BCUT2D eigenvalue weighted by molar-refractivity contribution is 0.493. The molecule has 0 aromatic heterocycles. The van der Waals surface area contributed by atoms with Crippen molar-refractivity contribution in [3.63, 3.8) is 0 Å². The number of hydrogen-bond acceptors (Lipinski definition) is 1. The van der Waals surface area contributed by atoms with Crippen LogP contribution in [0.4, 0.5) is 0 Å². The molecule has 21 heavy (non-hydrogen) atoms. The predicted molar refractivity (Wildman–Crippen MR) is 94.9 cm³/mol. The van der Waals surface area contributed by atoms with E-state index < -0.39 is 0 Å².